The molecule has 0 aliphatic heterocycles. The van der Waals surface area contributed by atoms with Gasteiger partial charge in [0.05, 0.1) is 23.9 Å². The fourth-order valence-electron chi connectivity index (χ4n) is 2.24. The first kappa shape index (κ1) is 20.0. The van der Waals surface area contributed by atoms with E-state index in [0.717, 1.165) is 12.1 Å². The molecule has 0 aliphatic carbocycles. The monoisotopic (exact) mass is 380 g/mol. The molecular formula is C18H15F3N2O4. The molecule has 0 saturated heterocycles. The first-order chi connectivity index (χ1) is 12.6. The molecule has 2 aromatic rings. The van der Waals surface area contributed by atoms with Gasteiger partial charge in [0.25, 0.3) is 5.91 Å². The number of ether oxygens (including phenoxy) is 1. The van der Waals surface area contributed by atoms with E-state index in [9.17, 15) is 27.6 Å². The van der Waals surface area contributed by atoms with Crippen molar-refractivity contribution < 1.29 is 32.3 Å². The predicted molar refractivity (Wildman–Crippen MR) is 91.5 cm³/mol. The zero-order valence-electron chi connectivity index (χ0n) is 14.3. The number of carbonyl (C=O) groups excluding carboxylic acids is 3. The number of hydrogen-bond donors (Lipinski definition) is 2. The van der Waals surface area contributed by atoms with Gasteiger partial charge in [-0.25, -0.2) is 4.79 Å². The number of anilines is 2. The average Bonchev–Trinajstić information content (AvgIpc) is 2.61. The third-order valence-electron chi connectivity index (χ3n) is 3.46. The van der Waals surface area contributed by atoms with Gasteiger partial charge in [-0.1, -0.05) is 0 Å². The van der Waals surface area contributed by atoms with Gasteiger partial charge in [0, 0.05) is 18.2 Å². The number of methoxy groups -OCH3 is 1. The first-order valence-electron chi connectivity index (χ1n) is 7.60. The van der Waals surface area contributed by atoms with Crippen LogP contribution >= 0.6 is 0 Å². The Bertz CT molecular complexity index is 877. The van der Waals surface area contributed by atoms with E-state index in [-0.39, 0.29) is 16.8 Å². The molecule has 0 radical (unpaired) electrons. The minimum Gasteiger partial charge on any atom is -0.465 e. The van der Waals surface area contributed by atoms with Crippen LogP contribution in [0.25, 0.3) is 0 Å². The number of alkyl halides is 3. The van der Waals surface area contributed by atoms with E-state index in [1.165, 1.54) is 44.4 Å². The quantitative estimate of drug-likeness (QED) is 0.792. The van der Waals surface area contributed by atoms with Gasteiger partial charge in [-0.3, -0.25) is 9.59 Å². The van der Waals surface area contributed by atoms with E-state index in [1.807, 2.05) is 0 Å². The number of amides is 2. The van der Waals surface area contributed by atoms with Gasteiger partial charge in [0.15, 0.2) is 0 Å². The zero-order chi connectivity index (χ0) is 20.2. The summed E-state index contributed by atoms with van der Waals surface area (Å²) in [6.07, 6.45) is -4.74. The van der Waals surface area contributed by atoms with Crippen LogP contribution in [0, 0.1) is 0 Å². The molecule has 142 valence electrons. The van der Waals surface area contributed by atoms with Gasteiger partial charge in [0.1, 0.15) is 0 Å². The Morgan fingerprint density at radius 1 is 0.926 bits per heavy atom. The average molecular weight is 380 g/mol. The molecule has 2 aromatic carbocycles. The van der Waals surface area contributed by atoms with Gasteiger partial charge in [-0.05, 0) is 42.5 Å². The van der Waals surface area contributed by atoms with E-state index in [2.05, 4.69) is 15.4 Å². The summed E-state index contributed by atoms with van der Waals surface area (Å²) < 4.78 is 44.4. The summed E-state index contributed by atoms with van der Waals surface area (Å²) in [6.45, 7) is 1.17. The van der Waals surface area contributed by atoms with Crippen LogP contribution in [0.5, 0.6) is 0 Å². The maximum Gasteiger partial charge on any atom is 0.418 e. The molecule has 2 amide bonds. The van der Waals surface area contributed by atoms with Crippen LogP contribution in [0.15, 0.2) is 42.5 Å². The van der Waals surface area contributed by atoms with E-state index in [1.54, 1.807) is 0 Å². The highest BCUT2D eigenvalue weighted by Crippen LogP contribution is 2.36. The van der Waals surface area contributed by atoms with Crippen molar-refractivity contribution in [1.82, 2.24) is 0 Å². The summed E-state index contributed by atoms with van der Waals surface area (Å²) in [4.78, 5) is 34.6. The van der Waals surface area contributed by atoms with Crippen LogP contribution in [0.2, 0.25) is 0 Å². The molecule has 0 atom stereocenters. The molecule has 2 rings (SSSR count). The van der Waals surface area contributed by atoms with E-state index in [0.29, 0.717) is 0 Å². The fourth-order valence-corrected chi connectivity index (χ4v) is 2.24. The van der Waals surface area contributed by atoms with Crippen LogP contribution in [0.3, 0.4) is 0 Å². The van der Waals surface area contributed by atoms with Crippen LogP contribution in [-0.2, 0) is 15.7 Å². The molecule has 2 N–H and O–H groups in total. The molecule has 0 bridgehead atoms. The molecule has 0 saturated carbocycles. The van der Waals surface area contributed by atoms with Gasteiger partial charge < -0.3 is 15.4 Å². The van der Waals surface area contributed by atoms with E-state index in [4.69, 9.17) is 0 Å². The Kier molecular flexibility index (Phi) is 5.84. The molecule has 0 aromatic heterocycles. The zero-order valence-corrected chi connectivity index (χ0v) is 14.3. The lowest BCUT2D eigenvalue weighted by molar-refractivity contribution is -0.137. The summed E-state index contributed by atoms with van der Waals surface area (Å²) in [7, 11) is 1.20. The maximum absolute atomic E-state index is 13.3. The van der Waals surface area contributed by atoms with Crippen molar-refractivity contribution in [1.29, 1.82) is 0 Å². The first-order valence-corrected chi connectivity index (χ1v) is 7.60. The lowest BCUT2D eigenvalue weighted by atomic mass is 10.1. The Balaban J connectivity index is 2.28. The highest BCUT2D eigenvalue weighted by Gasteiger charge is 2.34. The molecular weight excluding hydrogens is 365 g/mol. The van der Waals surface area contributed by atoms with Crippen molar-refractivity contribution in [3.8, 4) is 0 Å². The molecule has 0 fully saturated rings. The standard InChI is InChI=1S/C18H15F3N2O4/c1-10(24)22-13-7-8-15(14(9-13)18(19,20)21)23-16(25)11-3-5-12(6-4-11)17(26)27-2/h3-9H,1-2H3,(H,22,24)(H,23,25). The molecule has 0 heterocycles. The summed E-state index contributed by atoms with van der Waals surface area (Å²) in [5.41, 5.74) is -1.35. The number of rotatable bonds is 4. The number of halogens is 3. The molecule has 0 aliphatic rings. The van der Waals surface area contributed by atoms with E-state index >= 15 is 0 Å². The summed E-state index contributed by atoms with van der Waals surface area (Å²) >= 11 is 0. The van der Waals surface area contributed by atoms with Crippen molar-refractivity contribution in [2.24, 2.45) is 0 Å². The van der Waals surface area contributed by atoms with Crippen molar-refractivity contribution >= 4 is 29.2 Å². The third kappa shape index (κ3) is 5.06. The van der Waals surface area contributed by atoms with Gasteiger partial charge >= 0.3 is 12.1 Å². The second-order valence-corrected chi connectivity index (χ2v) is 5.46. The molecule has 0 spiro atoms. The summed E-state index contributed by atoms with van der Waals surface area (Å²) in [5.74, 6) is -1.91. The Morgan fingerprint density at radius 2 is 1.52 bits per heavy atom. The third-order valence-corrected chi connectivity index (χ3v) is 3.46. The van der Waals surface area contributed by atoms with Crippen LogP contribution in [-0.4, -0.2) is 24.9 Å². The second kappa shape index (κ2) is 7.90. The largest absolute Gasteiger partial charge is 0.465 e. The van der Waals surface area contributed by atoms with Crippen molar-refractivity contribution in [3.63, 3.8) is 0 Å². The lowest BCUT2D eigenvalue weighted by Crippen LogP contribution is -2.17. The smallest absolute Gasteiger partial charge is 0.418 e. The minimum absolute atomic E-state index is 0.0461. The van der Waals surface area contributed by atoms with Gasteiger partial charge in [-0.15, -0.1) is 0 Å². The predicted octanol–water partition coefficient (Wildman–Crippen LogP) is 3.70. The number of carbonyl (C=O) groups is 3. The Morgan fingerprint density at radius 3 is 2.04 bits per heavy atom. The van der Waals surface area contributed by atoms with Gasteiger partial charge in [0.2, 0.25) is 5.91 Å². The molecule has 9 heteroatoms. The molecule has 6 nitrogen and oxygen atoms in total. The molecule has 27 heavy (non-hydrogen) atoms. The number of hydrogen-bond acceptors (Lipinski definition) is 4. The highest BCUT2D eigenvalue weighted by atomic mass is 19.4. The van der Waals surface area contributed by atoms with Crippen molar-refractivity contribution in [2.45, 2.75) is 13.1 Å². The molecule has 0 unspecified atom stereocenters. The second-order valence-electron chi connectivity index (χ2n) is 5.46. The van der Waals surface area contributed by atoms with Gasteiger partial charge in [-0.2, -0.15) is 13.2 Å². The lowest BCUT2D eigenvalue weighted by Gasteiger charge is -2.15. The highest BCUT2D eigenvalue weighted by molar-refractivity contribution is 6.05. The number of esters is 1. The summed E-state index contributed by atoms with van der Waals surface area (Å²) in [5, 5.41) is 4.45. The maximum atomic E-state index is 13.3. The summed E-state index contributed by atoms with van der Waals surface area (Å²) in [6, 6.07) is 8.26. The fraction of sp³-hybridized carbons (Fsp3) is 0.167. The number of nitrogens with one attached hydrogen (secondary N) is 2. The number of benzene rings is 2. The SMILES string of the molecule is COC(=O)c1ccc(C(=O)Nc2ccc(NC(C)=O)cc2C(F)(F)F)cc1. The topological polar surface area (TPSA) is 84.5 Å². The Labute approximate surface area is 152 Å². The van der Waals surface area contributed by atoms with Crippen LogP contribution in [0.1, 0.15) is 33.2 Å². The van der Waals surface area contributed by atoms with Crippen molar-refractivity contribution in [3.05, 3.63) is 59.2 Å². The van der Waals surface area contributed by atoms with E-state index < -0.39 is 35.2 Å². The van der Waals surface area contributed by atoms with Crippen molar-refractivity contribution in [2.75, 3.05) is 17.7 Å². The minimum atomic E-state index is -4.74. The van der Waals surface area contributed by atoms with Crippen LogP contribution < -0.4 is 10.6 Å². The Hall–Kier alpha value is -3.36. The van der Waals surface area contributed by atoms with Crippen LogP contribution in [0.4, 0.5) is 24.5 Å². The normalized spacial score (nSPS) is 10.9.